The highest BCUT2D eigenvalue weighted by Gasteiger charge is 2.42. The molecule has 33 heavy (non-hydrogen) atoms. The molecule has 0 saturated carbocycles. The topological polar surface area (TPSA) is 80.5 Å². The molecule has 7 heteroatoms. The molecule has 0 amide bonds. The van der Waals surface area contributed by atoms with Crippen molar-refractivity contribution in [3.8, 4) is 0 Å². The summed E-state index contributed by atoms with van der Waals surface area (Å²) in [6, 6.07) is 31.2. The monoisotopic (exact) mass is 453 g/mol. The highest BCUT2D eigenvalue weighted by Crippen LogP contribution is 2.39. The van der Waals surface area contributed by atoms with Crippen LogP contribution >= 0.6 is 0 Å². The first kappa shape index (κ1) is 20.9. The van der Waals surface area contributed by atoms with Crippen LogP contribution in [-0.4, -0.2) is 14.6 Å². The maximum atomic E-state index is 13.8. The van der Waals surface area contributed by atoms with E-state index in [0.29, 0.717) is 11.1 Å². The van der Waals surface area contributed by atoms with Crippen LogP contribution in [0.2, 0.25) is 0 Å². The van der Waals surface area contributed by atoms with E-state index in [9.17, 15) is 8.42 Å². The van der Waals surface area contributed by atoms with Gasteiger partial charge >= 0.3 is 10.1 Å². The van der Waals surface area contributed by atoms with Crippen molar-refractivity contribution >= 4 is 38.1 Å². The molecule has 1 aliphatic heterocycles. The first-order valence-electron chi connectivity index (χ1n) is 10.3. The summed E-state index contributed by atoms with van der Waals surface area (Å²) >= 11 is 0. The van der Waals surface area contributed by atoms with Gasteiger partial charge < -0.3 is 0 Å². The molecule has 0 aromatic heterocycles. The maximum absolute atomic E-state index is 13.8. The molecule has 4 aromatic carbocycles. The Morgan fingerprint density at radius 3 is 2.18 bits per heavy atom. The molecular weight excluding hydrogens is 434 g/mol. The van der Waals surface area contributed by atoms with E-state index in [1.807, 2.05) is 72.8 Å². The van der Waals surface area contributed by atoms with Crippen molar-refractivity contribution in [1.82, 2.24) is 0 Å². The van der Waals surface area contributed by atoms with Gasteiger partial charge in [-0.2, -0.15) is 8.42 Å². The van der Waals surface area contributed by atoms with Gasteiger partial charge in [-0.05, 0) is 33.2 Å². The van der Waals surface area contributed by atoms with Gasteiger partial charge in [0.1, 0.15) is 4.91 Å². The maximum Gasteiger partial charge on any atom is 0.300 e. The third-order valence-corrected chi connectivity index (χ3v) is 6.68. The average molecular weight is 454 g/mol. The predicted octanol–water partition coefficient (Wildman–Crippen LogP) is 5.99. The molecule has 1 heterocycles. The summed E-state index contributed by atoms with van der Waals surface area (Å²) in [6.45, 7) is 0. The molecule has 0 fully saturated rings. The van der Waals surface area contributed by atoms with Crippen LogP contribution in [0.5, 0.6) is 0 Å². The Balaban J connectivity index is 1.65. The van der Waals surface area contributed by atoms with Crippen molar-refractivity contribution < 1.29 is 12.6 Å². The fourth-order valence-corrected chi connectivity index (χ4v) is 5.08. The molecule has 0 spiro atoms. The molecule has 6 nitrogen and oxygen atoms in total. The smallest absolute Gasteiger partial charge is 0.224 e. The molecule has 4 aromatic rings. The quantitative estimate of drug-likeness (QED) is 0.266. The van der Waals surface area contributed by atoms with Gasteiger partial charge in [0.2, 0.25) is 0 Å². The summed E-state index contributed by atoms with van der Waals surface area (Å²) in [5.74, 6) is 0. The van der Waals surface area contributed by atoms with Crippen molar-refractivity contribution in [3.63, 3.8) is 0 Å². The van der Waals surface area contributed by atoms with Crippen molar-refractivity contribution in [2.75, 3.05) is 0 Å². The van der Waals surface area contributed by atoms with Gasteiger partial charge in [-0.1, -0.05) is 103 Å². The second-order valence-corrected chi connectivity index (χ2v) is 8.99. The van der Waals surface area contributed by atoms with Crippen molar-refractivity contribution in [2.24, 2.45) is 15.4 Å². The van der Waals surface area contributed by atoms with E-state index in [2.05, 4.69) is 15.4 Å². The summed E-state index contributed by atoms with van der Waals surface area (Å²) in [5, 5.41) is 13.4. The minimum atomic E-state index is -4.32. The third kappa shape index (κ3) is 4.11. The summed E-state index contributed by atoms with van der Waals surface area (Å²) in [4.78, 5) is 0.0180. The van der Waals surface area contributed by atoms with Crippen LogP contribution in [0, 0.1) is 0 Å². The number of nitrogens with zero attached hydrogens (tertiary/aromatic N) is 3. The summed E-state index contributed by atoms with van der Waals surface area (Å²) < 4.78 is 33.4. The Labute approximate surface area is 191 Å². The Morgan fingerprint density at radius 1 is 0.788 bits per heavy atom. The van der Waals surface area contributed by atoms with Gasteiger partial charge in [0.15, 0.2) is 0 Å². The van der Waals surface area contributed by atoms with Gasteiger partial charge in [-0.25, -0.2) is 4.18 Å². The lowest BCUT2D eigenvalue weighted by molar-refractivity contribution is 0.168. The Hall–Kier alpha value is -3.94. The second kappa shape index (κ2) is 8.54. The highest BCUT2D eigenvalue weighted by atomic mass is 32.2. The highest BCUT2D eigenvalue weighted by molar-refractivity contribution is 7.96. The Morgan fingerprint density at radius 2 is 1.45 bits per heavy atom. The van der Waals surface area contributed by atoms with Gasteiger partial charge in [-0.15, -0.1) is 10.2 Å². The summed E-state index contributed by atoms with van der Waals surface area (Å²) in [5.41, 5.74) is 0.0663. The Bertz CT molecular complexity index is 1480. The van der Waals surface area contributed by atoms with E-state index in [1.54, 1.807) is 36.4 Å². The van der Waals surface area contributed by atoms with Crippen LogP contribution in [0.4, 0.5) is 0 Å². The lowest BCUT2D eigenvalue weighted by Gasteiger charge is -2.24. The minimum Gasteiger partial charge on any atom is -0.224 e. The average Bonchev–Trinajstić information content (AvgIpc) is 3.32. The number of hydrogen-bond donors (Lipinski definition) is 0. The molecule has 0 saturated heterocycles. The second-order valence-electron chi connectivity index (χ2n) is 7.48. The summed E-state index contributed by atoms with van der Waals surface area (Å²) in [6.07, 6.45) is 2.90. The first-order chi connectivity index (χ1) is 16.1. The number of benzene rings is 4. The zero-order chi connectivity index (χ0) is 22.7. The van der Waals surface area contributed by atoms with Crippen LogP contribution in [0.25, 0.3) is 21.8 Å². The fourth-order valence-electron chi connectivity index (χ4n) is 3.78. The normalized spacial score (nSPS) is 18.1. The summed E-state index contributed by atoms with van der Waals surface area (Å²) in [7, 11) is -4.32. The molecule has 0 aliphatic carbocycles. The van der Waals surface area contributed by atoms with Crippen LogP contribution < -0.4 is 0 Å². The molecule has 5 rings (SSSR count). The molecule has 1 unspecified atom stereocenters. The molecule has 0 bridgehead atoms. The number of fused-ring (bicyclic) bond motifs is 1. The molecule has 0 radical (unpaired) electrons. The predicted molar refractivity (Wildman–Crippen MR) is 130 cm³/mol. The molecule has 162 valence electrons. The van der Waals surface area contributed by atoms with E-state index in [4.69, 9.17) is 4.18 Å². The van der Waals surface area contributed by atoms with E-state index in [1.165, 1.54) is 6.21 Å². The number of rotatable bonds is 6. The van der Waals surface area contributed by atoms with E-state index >= 15 is 0 Å². The molecule has 1 aliphatic rings. The van der Waals surface area contributed by atoms with Crippen LogP contribution in [-0.2, 0) is 20.0 Å². The van der Waals surface area contributed by atoms with Crippen molar-refractivity contribution in [2.45, 2.75) is 5.72 Å². The molecule has 0 N–H and O–H groups in total. The van der Waals surface area contributed by atoms with Gasteiger partial charge in [0.05, 0.1) is 6.21 Å². The SMILES string of the molecule is O=S(=O)(OC1(c2cccc3ccccc23)C=NN=N1)C(=Cc1ccccc1)c1ccccc1. The van der Waals surface area contributed by atoms with Crippen LogP contribution in [0.15, 0.2) is 119 Å². The van der Waals surface area contributed by atoms with E-state index in [0.717, 1.165) is 16.3 Å². The third-order valence-electron chi connectivity index (χ3n) is 5.31. The molecular formula is C26H19N3O3S. The standard InChI is InChI=1S/C26H19N3O3S/c30-33(31,25(22-13-5-2-6-14-22)18-20-10-3-1-4-11-20)32-26(19-27-29-28-26)24-17-9-15-21-12-7-8-16-23(21)24/h1-19H. The minimum absolute atomic E-state index is 0.0180. The zero-order valence-corrected chi connectivity index (χ0v) is 18.3. The molecule has 1 atom stereocenters. The zero-order valence-electron chi connectivity index (χ0n) is 17.4. The van der Waals surface area contributed by atoms with Crippen LogP contribution in [0.1, 0.15) is 16.7 Å². The fraction of sp³-hybridized carbons (Fsp3) is 0.0385. The van der Waals surface area contributed by atoms with Gasteiger partial charge in [0, 0.05) is 5.56 Å². The first-order valence-corrected chi connectivity index (χ1v) is 11.7. The lowest BCUT2D eigenvalue weighted by Crippen LogP contribution is -2.31. The van der Waals surface area contributed by atoms with Crippen molar-refractivity contribution in [1.29, 1.82) is 0 Å². The van der Waals surface area contributed by atoms with E-state index < -0.39 is 15.8 Å². The van der Waals surface area contributed by atoms with Gasteiger partial charge in [0.25, 0.3) is 5.72 Å². The Kier molecular flexibility index (Phi) is 5.42. The largest absolute Gasteiger partial charge is 0.300 e. The van der Waals surface area contributed by atoms with Crippen LogP contribution in [0.3, 0.4) is 0 Å². The van der Waals surface area contributed by atoms with E-state index in [-0.39, 0.29) is 4.91 Å². The van der Waals surface area contributed by atoms with Gasteiger partial charge in [-0.3, -0.25) is 0 Å². The lowest BCUT2D eigenvalue weighted by atomic mass is 9.97. The number of hydrogen-bond acceptors (Lipinski definition) is 6. The van der Waals surface area contributed by atoms with Crippen molar-refractivity contribution in [3.05, 3.63) is 120 Å².